The third-order valence-electron chi connectivity index (χ3n) is 4.14. The predicted octanol–water partition coefficient (Wildman–Crippen LogP) is 2.70. The first-order chi connectivity index (χ1) is 12.8. The first-order valence-electron chi connectivity index (χ1n) is 8.64. The van der Waals surface area contributed by atoms with Crippen LogP contribution >= 0.6 is 0 Å². The first-order valence-corrected chi connectivity index (χ1v) is 8.64. The van der Waals surface area contributed by atoms with Gasteiger partial charge in [0.15, 0.2) is 0 Å². The summed E-state index contributed by atoms with van der Waals surface area (Å²) < 4.78 is 1.83. The summed E-state index contributed by atoms with van der Waals surface area (Å²) in [6, 6.07) is 9.27. The molecule has 0 saturated carbocycles. The largest absolute Gasteiger partial charge is 0.325 e. The van der Waals surface area contributed by atoms with Crippen LogP contribution in [-0.2, 0) is 4.79 Å². The number of anilines is 2. The van der Waals surface area contributed by atoms with Gasteiger partial charge in [-0.2, -0.15) is 0 Å². The molecular formula is C20H23N5O2. The molecule has 0 saturated heterocycles. The molecule has 0 radical (unpaired) electrons. The van der Waals surface area contributed by atoms with Crippen molar-refractivity contribution in [2.75, 3.05) is 31.3 Å². The number of hydrogen-bond donors (Lipinski definition) is 2. The number of rotatable bonds is 5. The summed E-state index contributed by atoms with van der Waals surface area (Å²) in [5.41, 5.74) is 4.28. The van der Waals surface area contributed by atoms with Crippen LogP contribution in [0.1, 0.15) is 21.6 Å². The maximum Gasteiger partial charge on any atom is 0.275 e. The SMILES string of the molecule is Cc1ccc(NC(=O)c2cn3cccc(C)c3n2)cc1NC(=O)CN(C)C. The fourth-order valence-corrected chi connectivity index (χ4v) is 2.77. The normalized spacial score (nSPS) is 11.0. The van der Waals surface area contributed by atoms with Crippen molar-refractivity contribution in [3.8, 4) is 0 Å². The number of nitrogens with zero attached hydrogens (tertiary/aromatic N) is 3. The van der Waals surface area contributed by atoms with Crippen molar-refractivity contribution in [1.29, 1.82) is 0 Å². The van der Waals surface area contributed by atoms with E-state index in [1.54, 1.807) is 23.2 Å². The minimum atomic E-state index is -0.299. The van der Waals surface area contributed by atoms with E-state index < -0.39 is 0 Å². The summed E-state index contributed by atoms with van der Waals surface area (Å²) in [4.78, 5) is 30.8. The zero-order chi connectivity index (χ0) is 19.6. The number of carbonyl (C=O) groups excluding carboxylic acids is 2. The third-order valence-corrected chi connectivity index (χ3v) is 4.14. The van der Waals surface area contributed by atoms with E-state index in [1.165, 1.54) is 0 Å². The van der Waals surface area contributed by atoms with Gasteiger partial charge in [-0.1, -0.05) is 12.1 Å². The summed E-state index contributed by atoms with van der Waals surface area (Å²) in [6.07, 6.45) is 3.56. The number of fused-ring (bicyclic) bond motifs is 1. The fourth-order valence-electron chi connectivity index (χ4n) is 2.77. The maximum atomic E-state index is 12.6. The molecular weight excluding hydrogens is 342 g/mol. The van der Waals surface area contributed by atoms with Gasteiger partial charge in [-0.25, -0.2) is 4.98 Å². The van der Waals surface area contributed by atoms with E-state index in [4.69, 9.17) is 0 Å². The third kappa shape index (κ3) is 4.32. The number of nitrogens with one attached hydrogen (secondary N) is 2. The van der Waals surface area contributed by atoms with Gasteiger partial charge in [0.2, 0.25) is 5.91 Å². The topological polar surface area (TPSA) is 78.7 Å². The Morgan fingerprint density at radius 1 is 1.11 bits per heavy atom. The molecule has 0 aliphatic heterocycles. The number of amides is 2. The second kappa shape index (κ2) is 7.59. The van der Waals surface area contributed by atoms with Gasteiger partial charge >= 0.3 is 0 Å². The van der Waals surface area contributed by atoms with E-state index in [-0.39, 0.29) is 18.4 Å². The Morgan fingerprint density at radius 2 is 1.89 bits per heavy atom. The van der Waals surface area contributed by atoms with Gasteiger partial charge in [0.05, 0.1) is 6.54 Å². The van der Waals surface area contributed by atoms with Crippen molar-refractivity contribution in [3.63, 3.8) is 0 Å². The standard InChI is InChI=1S/C20H23N5O2/c1-13-7-8-15(10-16(13)22-18(26)12-24(3)4)21-20(27)17-11-25-9-5-6-14(2)19(25)23-17/h5-11H,12H2,1-4H3,(H,21,27)(H,22,26). The molecule has 0 aliphatic carbocycles. The molecule has 7 nitrogen and oxygen atoms in total. The Labute approximate surface area is 158 Å². The molecule has 0 atom stereocenters. The lowest BCUT2D eigenvalue weighted by atomic mass is 10.1. The number of likely N-dealkylation sites (N-methyl/N-ethyl adjacent to an activating group) is 1. The fraction of sp³-hybridized carbons (Fsp3) is 0.250. The Kier molecular flexibility index (Phi) is 5.23. The lowest BCUT2D eigenvalue weighted by molar-refractivity contribution is -0.116. The van der Waals surface area contributed by atoms with Crippen LogP contribution in [0.4, 0.5) is 11.4 Å². The quantitative estimate of drug-likeness (QED) is 0.729. The molecule has 0 aliphatic rings. The van der Waals surface area contributed by atoms with Crippen LogP contribution in [0.3, 0.4) is 0 Å². The number of hydrogen-bond acceptors (Lipinski definition) is 4. The van der Waals surface area contributed by atoms with Crippen molar-refractivity contribution >= 4 is 28.8 Å². The summed E-state index contributed by atoms with van der Waals surface area (Å²) in [5, 5.41) is 5.72. The Hall–Kier alpha value is -3.19. The van der Waals surface area contributed by atoms with Gasteiger partial charge in [-0.15, -0.1) is 0 Å². The van der Waals surface area contributed by atoms with E-state index in [1.807, 2.05) is 56.7 Å². The van der Waals surface area contributed by atoms with E-state index >= 15 is 0 Å². The second-order valence-corrected chi connectivity index (χ2v) is 6.82. The van der Waals surface area contributed by atoms with Gasteiger partial charge in [0.1, 0.15) is 11.3 Å². The molecule has 3 rings (SSSR count). The zero-order valence-corrected chi connectivity index (χ0v) is 15.9. The Bertz CT molecular complexity index is 1010. The highest BCUT2D eigenvalue weighted by molar-refractivity contribution is 6.04. The van der Waals surface area contributed by atoms with Crippen LogP contribution in [0.15, 0.2) is 42.7 Å². The molecule has 1 aromatic carbocycles. The number of benzene rings is 1. The highest BCUT2D eigenvalue weighted by Crippen LogP contribution is 2.21. The van der Waals surface area contributed by atoms with E-state index in [0.717, 1.165) is 16.8 Å². The molecule has 0 spiro atoms. The molecule has 140 valence electrons. The molecule has 27 heavy (non-hydrogen) atoms. The van der Waals surface area contributed by atoms with Gasteiger partial charge < -0.3 is 19.9 Å². The first kappa shape index (κ1) is 18.6. The van der Waals surface area contributed by atoms with Crippen molar-refractivity contribution in [2.24, 2.45) is 0 Å². The molecule has 3 aromatic rings. The minimum absolute atomic E-state index is 0.109. The van der Waals surface area contributed by atoms with Crippen LogP contribution < -0.4 is 10.6 Å². The monoisotopic (exact) mass is 365 g/mol. The highest BCUT2D eigenvalue weighted by atomic mass is 16.2. The van der Waals surface area contributed by atoms with Crippen molar-refractivity contribution < 1.29 is 9.59 Å². The number of aryl methyl sites for hydroxylation is 2. The predicted molar refractivity (Wildman–Crippen MR) is 106 cm³/mol. The van der Waals surface area contributed by atoms with Gasteiger partial charge in [0.25, 0.3) is 5.91 Å². The van der Waals surface area contributed by atoms with E-state index in [2.05, 4.69) is 15.6 Å². The van der Waals surface area contributed by atoms with E-state index in [9.17, 15) is 9.59 Å². The van der Waals surface area contributed by atoms with Crippen LogP contribution in [0.5, 0.6) is 0 Å². The average Bonchev–Trinajstić information content (AvgIpc) is 3.03. The van der Waals surface area contributed by atoms with Gasteiger partial charge in [0, 0.05) is 23.8 Å². The second-order valence-electron chi connectivity index (χ2n) is 6.82. The summed E-state index contributed by atoms with van der Waals surface area (Å²) >= 11 is 0. The molecule has 0 bridgehead atoms. The number of imidazole rings is 1. The molecule has 0 fully saturated rings. The minimum Gasteiger partial charge on any atom is -0.325 e. The molecule has 2 aromatic heterocycles. The van der Waals surface area contributed by atoms with Crippen LogP contribution in [0.25, 0.3) is 5.65 Å². The molecule has 7 heteroatoms. The van der Waals surface area contributed by atoms with Crippen molar-refractivity contribution in [1.82, 2.24) is 14.3 Å². The molecule has 2 heterocycles. The Morgan fingerprint density at radius 3 is 2.59 bits per heavy atom. The van der Waals surface area contributed by atoms with Gasteiger partial charge in [-0.3, -0.25) is 9.59 Å². The number of carbonyl (C=O) groups is 2. The lowest BCUT2D eigenvalue weighted by Gasteiger charge is -2.13. The lowest BCUT2D eigenvalue weighted by Crippen LogP contribution is -2.27. The molecule has 2 amide bonds. The summed E-state index contributed by atoms with van der Waals surface area (Å²) in [7, 11) is 3.67. The smallest absolute Gasteiger partial charge is 0.275 e. The number of aromatic nitrogens is 2. The summed E-state index contributed by atoms with van der Waals surface area (Å²) in [6.45, 7) is 4.14. The Balaban J connectivity index is 1.78. The summed E-state index contributed by atoms with van der Waals surface area (Å²) in [5.74, 6) is -0.407. The molecule has 0 unspecified atom stereocenters. The van der Waals surface area contributed by atoms with Crippen LogP contribution in [0.2, 0.25) is 0 Å². The van der Waals surface area contributed by atoms with Crippen LogP contribution in [-0.4, -0.2) is 46.7 Å². The van der Waals surface area contributed by atoms with Gasteiger partial charge in [-0.05, 0) is 57.3 Å². The number of pyridine rings is 1. The van der Waals surface area contributed by atoms with Crippen molar-refractivity contribution in [2.45, 2.75) is 13.8 Å². The van der Waals surface area contributed by atoms with Crippen molar-refractivity contribution in [3.05, 3.63) is 59.5 Å². The maximum absolute atomic E-state index is 12.6. The highest BCUT2D eigenvalue weighted by Gasteiger charge is 2.13. The molecule has 2 N–H and O–H groups in total. The van der Waals surface area contributed by atoms with Crippen LogP contribution in [0, 0.1) is 13.8 Å². The van der Waals surface area contributed by atoms with E-state index in [0.29, 0.717) is 17.1 Å². The zero-order valence-electron chi connectivity index (χ0n) is 15.9. The average molecular weight is 365 g/mol.